The molecule has 0 aliphatic carbocycles. The number of nitrogens with one attached hydrogen (secondary N) is 2. The number of nitrogens with zero attached hydrogens (tertiary/aromatic N) is 1. The number of amides is 2. The first kappa shape index (κ1) is 21.8. The van der Waals surface area contributed by atoms with Crippen molar-refractivity contribution in [2.75, 3.05) is 26.7 Å². The van der Waals surface area contributed by atoms with Crippen LogP contribution in [0.5, 0.6) is 5.75 Å². The van der Waals surface area contributed by atoms with Crippen molar-refractivity contribution in [3.05, 3.63) is 65.7 Å². The highest BCUT2D eigenvalue weighted by Gasteiger charge is 2.25. The standard InChI is InChI=1S/C24H31N3O3/c1-18(28)26-22(19-8-4-3-5-9-19)16-24(29)25-17-23(27-14-6-7-15-27)20-10-12-21(30-2)13-11-20/h3-5,8-13,22-23H,6-7,14-17H2,1-2H3,(H,25,29)(H,26,28). The molecule has 2 unspecified atom stereocenters. The lowest BCUT2D eigenvalue weighted by Gasteiger charge is -2.28. The van der Waals surface area contributed by atoms with Gasteiger partial charge in [-0.15, -0.1) is 0 Å². The van der Waals surface area contributed by atoms with Crippen molar-refractivity contribution in [3.63, 3.8) is 0 Å². The van der Waals surface area contributed by atoms with Crippen molar-refractivity contribution in [2.45, 2.75) is 38.3 Å². The number of methoxy groups -OCH3 is 1. The van der Waals surface area contributed by atoms with E-state index in [-0.39, 0.29) is 30.3 Å². The maximum Gasteiger partial charge on any atom is 0.222 e. The highest BCUT2D eigenvalue weighted by molar-refractivity contribution is 5.79. The van der Waals surface area contributed by atoms with Crippen molar-refractivity contribution in [2.24, 2.45) is 0 Å². The number of hydrogen-bond donors (Lipinski definition) is 2. The SMILES string of the molecule is COc1ccc(C(CNC(=O)CC(NC(C)=O)c2ccccc2)N2CCCC2)cc1. The van der Waals surface area contributed by atoms with E-state index in [1.54, 1.807) is 7.11 Å². The van der Waals surface area contributed by atoms with Gasteiger partial charge in [0, 0.05) is 13.5 Å². The second kappa shape index (κ2) is 10.8. The van der Waals surface area contributed by atoms with Gasteiger partial charge in [-0.1, -0.05) is 42.5 Å². The third-order valence-electron chi connectivity index (χ3n) is 5.54. The molecule has 1 heterocycles. The molecule has 1 aliphatic heterocycles. The predicted molar refractivity (Wildman–Crippen MR) is 117 cm³/mol. The van der Waals surface area contributed by atoms with Crippen LogP contribution in [-0.2, 0) is 9.59 Å². The van der Waals surface area contributed by atoms with Crippen molar-refractivity contribution >= 4 is 11.8 Å². The molecule has 2 aromatic rings. The van der Waals surface area contributed by atoms with E-state index in [9.17, 15) is 9.59 Å². The zero-order valence-corrected chi connectivity index (χ0v) is 17.8. The summed E-state index contributed by atoms with van der Waals surface area (Å²) in [6.07, 6.45) is 2.57. The Labute approximate surface area is 178 Å². The van der Waals surface area contributed by atoms with Gasteiger partial charge < -0.3 is 15.4 Å². The Hall–Kier alpha value is -2.86. The maximum atomic E-state index is 12.8. The number of ether oxygens (including phenoxy) is 1. The van der Waals surface area contributed by atoms with Crippen molar-refractivity contribution in [1.29, 1.82) is 0 Å². The van der Waals surface area contributed by atoms with Crippen LogP contribution in [0.2, 0.25) is 0 Å². The first-order valence-corrected chi connectivity index (χ1v) is 10.5. The second-order valence-electron chi connectivity index (χ2n) is 7.70. The first-order chi connectivity index (χ1) is 14.6. The summed E-state index contributed by atoms with van der Waals surface area (Å²) in [6.45, 7) is 4.07. The minimum absolute atomic E-state index is 0.0738. The lowest BCUT2D eigenvalue weighted by atomic mass is 10.0. The molecule has 0 saturated carbocycles. The number of rotatable bonds is 9. The molecule has 2 N–H and O–H groups in total. The minimum atomic E-state index is -0.338. The molecule has 2 atom stereocenters. The molecule has 3 rings (SSSR count). The lowest BCUT2D eigenvalue weighted by molar-refractivity contribution is -0.123. The number of hydrogen-bond acceptors (Lipinski definition) is 4. The summed E-state index contributed by atoms with van der Waals surface area (Å²) < 4.78 is 5.27. The average molecular weight is 410 g/mol. The van der Waals surface area contributed by atoms with E-state index in [0.717, 1.165) is 24.4 Å². The van der Waals surface area contributed by atoms with Crippen LogP contribution >= 0.6 is 0 Å². The highest BCUT2D eigenvalue weighted by atomic mass is 16.5. The smallest absolute Gasteiger partial charge is 0.222 e. The van der Waals surface area contributed by atoms with Crippen LogP contribution in [-0.4, -0.2) is 43.5 Å². The fourth-order valence-corrected chi connectivity index (χ4v) is 3.99. The molecule has 1 saturated heterocycles. The molecule has 0 bridgehead atoms. The fraction of sp³-hybridized carbons (Fsp3) is 0.417. The molecule has 6 heteroatoms. The van der Waals surface area contributed by atoms with E-state index in [1.165, 1.54) is 25.3 Å². The van der Waals surface area contributed by atoms with Crippen LogP contribution in [0.1, 0.15) is 49.4 Å². The molecule has 1 fully saturated rings. The van der Waals surface area contributed by atoms with E-state index >= 15 is 0 Å². The Bertz CT molecular complexity index is 817. The van der Waals surface area contributed by atoms with E-state index in [1.807, 2.05) is 42.5 Å². The van der Waals surface area contributed by atoms with Crippen molar-refractivity contribution < 1.29 is 14.3 Å². The molecule has 6 nitrogen and oxygen atoms in total. The number of likely N-dealkylation sites (tertiary alicyclic amines) is 1. The van der Waals surface area contributed by atoms with Gasteiger partial charge in [-0.3, -0.25) is 14.5 Å². The van der Waals surface area contributed by atoms with Crippen LogP contribution in [0.15, 0.2) is 54.6 Å². The normalized spacial score (nSPS) is 15.9. The quantitative estimate of drug-likeness (QED) is 0.667. The molecule has 2 amide bonds. The molecular weight excluding hydrogens is 378 g/mol. The van der Waals surface area contributed by atoms with Crippen LogP contribution in [0.4, 0.5) is 0 Å². The van der Waals surface area contributed by atoms with Gasteiger partial charge >= 0.3 is 0 Å². The molecule has 1 aliphatic rings. The molecule has 0 radical (unpaired) electrons. The van der Waals surface area contributed by atoms with Gasteiger partial charge in [0.05, 0.1) is 25.6 Å². The topological polar surface area (TPSA) is 70.7 Å². The number of carbonyl (C=O) groups is 2. The van der Waals surface area contributed by atoms with Gasteiger partial charge in [0.1, 0.15) is 5.75 Å². The summed E-state index contributed by atoms with van der Waals surface area (Å²) in [4.78, 5) is 26.8. The number of benzene rings is 2. The van der Waals surface area contributed by atoms with Crippen LogP contribution in [0.25, 0.3) is 0 Å². The third kappa shape index (κ3) is 6.07. The zero-order chi connectivity index (χ0) is 21.3. The summed E-state index contributed by atoms with van der Waals surface area (Å²) in [5.74, 6) is 0.601. The molecule has 30 heavy (non-hydrogen) atoms. The van der Waals surface area contributed by atoms with Gasteiger partial charge in [-0.25, -0.2) is 0 Å². The maximum absolute atomic E-state index is 12.8. The van der Waals surface area contributed by atoms with Gasteiger partial charge in [-0.2, -0.15) is 0 Å². The van der Waals surface area contributed by atoms with Crippen molar-refractivity contribution in [1.82, 2.24) is 15.5 Å². The lowest BCUT2D eigenvalue weighted by Crippen LogP contribution is -2.38. The summed E-state index contributed by atoms with van der Waals surface area (Å²) in [6, 6.07) is 17.4. The minimum Gasteiger partial charge on any atom is -0.497 e. The molecule has 160 valence electrons. The van der Waals surface area contributed by atoms with E-state index in [0.29, 0.717) is 6.54 Å². The van der Waals surface area contributed by atoms with Crippen LogP contribution in [0.3, 0.4) is 0 Å². The zero-order valence-electron chi connectivity index (χ0n) is 17.8. The van der Waals surface area contributed by atoms with Gasteiger partial charge in [0.2, 0.25) is 11.8 Å². The third-order valence-corrected chi connectivity index (χ3v) is 5.54. The average Bonchev–Trinajstić information content (AvgIpc) is 3.29. The van der Waals surface area contributed by atoms with Gasteiger partial charge in [-0.05, 0) is 49.2 Å². The molecule has 0 spiro atoms. The van der Waals surface area contributed by atoms with Crippen LogP contribution in [0, 0.1) is 0 Å². The van der Waals surface area contributed by atoms with E-state index in [2.05, 4.69) is 27.7 Å². The monoisotopic (exact) mass is 409 g/mol. The highest BCUT2D eigenvalue weighted by Crippen LogP contribution is 2.26. The van der Waals surface area contributed by atoms with Gasteiger partial charge in [0.15, 0.2) is 0 Å². The van der Waals surface area contributed by atoms with Crippen molar-refractivity contribution in [3.8, 4) is 5.75 Å². The summed E-state index contributed by atoms with van der Waals surface area (Å²) in [7, 11) is 1.66. The Balaban J connectivity index is 1.66. The first-order valence-electron chi connectivity index (χ1n) is 10.5. The summed E-state index contributed by atoms with van der Waals surface area (Å²) in [5.41, 5.74) is 2.09. The molecule has 0 aromatic heterocycles. The fourth-order valence-electron chi connectivity index (χ4n) is 3.99. The second-order valence-corrected chi connectivity index (χ2v) is 7.70. The largest absolute Gasteiger partial charge is 0.497 e. The van der Waals surface area contributed by atoms with Crippen LogP contribution < -0.4 is 15.4 Å². The Kier molecular flexibility index (Phi) is 7.85. The van der Waals surface area contributed by atoms with E-state index in [4.69, 9.17) is 4.74 Å². The molecule has 2 aromatic carbocycles. The summed E-state index contributed by atoms with van der Waals surface area (Å²) >= 11 is 0. The predicted octanol–water partition coefficient (Wildman–Crippen LogP) is 3.22. The summed E-state index contributed by atoms with van der Waals surface area (Å²) in [5, 5.41) is 5.99. The Morgan fingerprint density at radius 3 is 2.27 bits per heavy atom. The Morgan fingerprint density at radius 1 is 1.00 bits per heavy atom. The number of carbonyl (C=O) groups excluding carboxylic acids is 2. The Morgan fingerprint density at radius 2 is 1.67 bits per heavy atom. The van der Waals surface area contributed by atoms with E-state index < -0.39 is 0 Å². The molecular formula is C24H31N3O3. The van der Waals surface area contributed by atoms with Gasteiger partial charge in [0.25, 0.3) is 0 Å².